The first kappa shape index (κ1) is 14.2. The van der Waals surface area contributed by atoms with E-state index in [9.17, 15) is 4.79 Å². The van der Waals surface area contributed by atoms with Crippen LogP contribution in [0, 0.1) is 6.92 Å². The molecule has 6 heteroatoms. The summed E-state index contributed by atoms with van der Waals surface area (Å²) in [5, 5.41) is 2.80. The predicted molar refractivity (Wildman–Crippen MR) is 91.6 cm³/mol. The van der Waals surface area contributed by atoms with Crippen molar-refractivity contribution in [2.45, 2.75) is 6.92 Å². The number of nitrogens with zero attached hydrogens (tertiary/aromatic N) is 3. The molecule has 0 saturated carbocycles. The summed E-state index contributed by atoms with van der Waals surface area (Å²) in [6, 6.07) is 11.1. The molecule has 0 bridgehead atoms. The van der Waals surface area contributed by atoms with Gasteiger partial charge in [0.25, 0.3) is 0 Å². The topological polar surface area (TPSA) is 72.4 Å². The summed E-state index contributed by atoms with van der Waals surface area (Å²) in [7, 11) is 0. The minimum atomic E-state index is -0.256. The molecule has 0 radical (unpaired) electrons. The van der Waals surface area contributed by atoms with Gasteiger partial charge in [-0.25, -0.2) is 9.97 Å². The summed E-state index contributed by atoms with van der Waals surface area (Å²) in [6.45, 7) is 1.92. The van der Waals surface area contributed by atoms with Crippen molar-refractivity contribution in [1.82, 2.24) is 14.4 Å². The smallest absolute Gasteiger partial charge is 0.248 e. The highest BCUT2D eigenvalue weighted by Crippen LogP contribution is 2.16. The molecule has 0 spiro atoms. The fraction of sp³-hybridized carbons (Fsp3) is 0.0556. The van der Waals surface area contributed by atoms with E-state index in [1.54, 1.807) is 6.08 Å². The quantitative estimate of drug-likeness (QED) is 0.587. The normalized spacial score (nSPS) is 11.5. The number of imidazole rings is 1. The Morgan fingerprint density at radius 3 is 2.92 bits per heavy atom. The number of rotatable bonds is 3. The molecule has 1 amide bonds. The molecule has 3 heterocycles. The van der Waals surface area contributed by atoms with Gasteiger partial charge in [0, 0.05) is 24.5 Å². The maximum absolute atomic E-state index is 12.1. The van der Waals surface area contributed by atoms with Gasteiger partial charge in [-0.05, 0) is 31.2 Å². The number of pyridine rings is 1. The number of benzene rings is 1. The lowest BCUT2D eigenvalue weighted by molar-refractivity contribution is -0.111. The molecule has 118 valence electrons. The Kier molecular flexibility index (Phi) is 3.35. The van der Waals surface area contributed by atoms with Crippen molar-refractivity contribution in [1.29, 1.82) is 0 Å². The number of hydrogen-bond acceptors (Lipinski definition) is 4. The molecule has 0 unspecified atom stereocenters. The molecule has 4 aromatic rings. The van der Waals surface area contributed by atoms with E-state index in [0.29, 0.717) is 17.2 Å². The number of aromatic nitrogens is 3. The second kappa shape index (κ2) is 5.66. The van der Waals surface area contributed by atoms with E-state index in [4.69, 9.17) is 4.42 Å². The number of nitrogens with one attached hydrogen (secondary N) is 1. The van der Waals surface area contributed by atoms with Gasteiger partial charge in [0.1, 0.15) is 11.2 Å². The number of para-hydroxylation sites is 2. The zero-order chi connectivity index (χ0) is 16.5. The van der Waals surface area contributed by atoms with Gasteiger partial charge in [-0.3, -0.25) is 4.79 Å². The Bertz CT molecular complexity index is 1040. The lowest BCUT2D eigenvalue weighted by atomic mass is 10.3. The molecule has 0 fully saturated rings. The van der Waals surface area contributed by atoms with Crippen LogP contribution >= 0.6 is 0 Å². The van der Waals surface area contributed by atoms with Crippen LogP contribution in [-0.4, -0.2) is 20.3 Å². The third-order valence-electron chi connectivity index (χ3n) is 3.53. The largest absolute Gasteiger partial charge is 0.437 e. The Hall–Kier alpha value is -3.41. The van der Waals surface area contributed by atoms with Crippen molar-refractivity contribution in [3.05, 3.63) is 66.5 Å². The van der Waals surface area contributed by atoms with E-state index in [1.807, 2.05) is 60.1 Å². The Morgan fingerprint density at radius 1 is 1.17 bits per heavy atom. The molecule has 0 saturated heterocycles. The van der Waals surface area contributed by atoms with Gasteiger partial charge in [0.2, 0.25) is 11.8 Å². The molecule has 1 aromatic carbocycles. The highest BCUT2D eigenvalue weighted by molar-refractivity contribution is 6.01. The number of carbonyl (C=O) groups excluding carboxylic acids is 1. The van der Waals surface area contributed by atoms with Crippen LogP contribution < -0.4 is 5.32 Å². The lowest BCUT2D eigenvalue weighted by Crippen LogP contribution is -2.08. The minimum Gasteiger partial charge on any atom is -0.437 e. The molecule has 0 aliphatic heterocycles. The van der Waals surface area contributed by atoms with E-state index in [1.165, 1.54) is 6.08 Å². The van der Waals surface area contributed by atoms with Crippen molar-refractivity contribution in [2.75, 3.05) is 5.32 Å². The number of amides is 1. The molecule has 24 heavy (non-hydrogen) atoms. The summed E-state index contributed by atoms with van der Waals surface area (Å²) in [4.78, 5) is 20.7. The van der Waals surface area contributed by atoms with Crippen LogP contribution in [0.4, 0.5) is 5.69 Å². The van der Waals surface area contributed by atoms with Crippen LogP contribution in [0.1, 0.15) is 11.6 Å². The van der Waals surface area contributed by atoms with Gasteiger partial charge in [0.15, 0.2) is 5.58 Å². The van der Waals surface area contributed by atoms with E-state index in [0.717, 1.165) is 16.9 Å². The fourth-order valence-corrected chi connectivity index (χ4v) is 2.48. The van der Waals surface area contributed by atoms with Gasteiger partial charge < -0.3 is 14.1 Å². The number of oxazole rings is 1. The van der Waals surface area contributed by atoms with Crippen molar-refractivity contribution >= 4 is 34.4 Å². The first-order chi connectivity index (χ1) is 11.7. The van der Waals surface area contributed by atoms with Crippen molar-refractivity contribution in [3.8, 4) is 0 Å². The molecule has 0 aliphatic carbocycles. The van der Waals surface area contributed by atoms with Crippen LogP contribution in [0.15, 0.2) is 59.3 Å². The van der Waals surface area contributed by atoms with Gasteiger partial charge in [-0.2, -0.15) is 0 Å². The predicted octanol–water partition coefficient (Wildman–Crippen LogP) is 3.44. The third-order valence-corrected chi connectivity index (χ3v) is 3.53. The Balaban J connectivity index is 1.50. The zero-order valence-corrected chi connectivity index (χ0v) is 12.9. The fourth-order valence-electron chi connectivity index (χ4n) is 2.48. The van der Waals surface area contributed by atoms with Crippen LogP contribution in [0.25, 0.3) is 22.8 Å². The summed E-state index contributed by atoms with van der Waals surface area (Å²) in [5.41, 5.74) is 3.91. The summed E-state index contributed by atoms with van der Waals surface area (Å²) in [6.07, 6.45) is 6.67. The molecular weight excluding hydrogens is 304 g/mol. The highest BCUT2D eigenvalue weighted by Gasteiger charge is 2.04. The average Bonchev–Trinajstić information content (AvgIpc) is 3.14. The van der Waals surface area contributed by atoms with E-state index < -0.39 is 0 Å². The standard InChI is InChI=1S/C18H14N4O2/c1-12-10-22-11-13(6-7-16(22)19-12)20-17(23)8-9-18-21-14-4-2-3-5-15(14)24-18/h2-11H,1H3,(H,20,23). The molecule has 0 aliphatic rings. The second-order valence-electron chi connectivity index (χ2n) is 5.41. The summed E-state index contributed by atoms with van der Waals surface area (Å²) >= 11 is 0. The van der Waals surface area contributed by atoms with Crippen LogP contribution in [0.3, 0.4) is 0 Å². The SMILES string of the molecule is Cc1cn2cc(NC(=O)C=Cc3nc4ccccc4o3)ccc2n1. The molecule has 4 rings (SSSR count). The van der Waals surface area contributed by atoms with E-state index in [-0.39, 0.29) is 5.91 Å². The van der Waals surface area contributed by atoms with E-state index in [2.05, 4.69) is 15.3 Å². The Labute approximate surface area is 137 Å². The van der Waals surface area contributed by atoms with Gasteiger partial charge in [-0.1, -0.05) is 12.1 Å². The summed E-state index contributed by atoms with van der Waals surface area (Å²) < 4.78 is 7.41. The number of anilines is 1. The third kappa shape index (κ3) is 2.77. The minimum absolute atomic E-state index is 0.256. The maximum Gasteiger partial charge on any atom is 0.248 e. The van der Waals surface area contributed by atoms with Crippen LogP contribution in [0.5, 0.6) is 0 Å². The Morgan fingerprint density at radius 2 is 2.04 bits per heavy atom. The van der Waals surface area contributed by atoms with Crippen LogP contribution in [0.2, 0.25) is 0 Å². The molecule has 0 atom stereocenters. The lowest BCUT2D eigenvalue weighted by Gasteiger charge is -2.02. The van der Waals surface area contributed by atoms with E-state index >= 15 is 0 Å². The number of hydrogen-bond donors (Lipinski definition) is 1. The highest BCUT2D eigenvalue weighted by atomic mass is 16.3. The maximum atomic E-state index is 12.1. The van der Waals surface area contributed by atoms with Gasteiger partial charge >= 0.3 is 0 Å². The molecule has 3 aromatic heterocycles. The number of fused-ring (bicyclic) bond motifs is 2. The van der Waals surface area contributed by atoms with Gasteiger partial charge in [0.05, 0.1) is 11.4 Å². The van der Waals surface area contributed by atoms with Crippen molar-refractivity contribution in [3.63, 3.8) is 0 Å². The first-order valence-electron chi connectivity index (χ1n) is 7.47. The first-order valence-corrected chi connectivity index (χ1v) is 7.47. The average molecular weight is 318 g/mol. The second-order valence-corrected chi connectivity index (χ2v) is 5.41. The van der Waals surface area contributed by atoms with Crippen molar-refractivity contribution < 1.29 is 9.21 Å². The molecule has 1 N–H and O–H groups in total. The zero-order valence-electron chi connectivity index (χ0n) is 12.9. The number of aryl methyl sites for hydroxylation is 1. The summed E-state index contributed by atoms with van der Waals surface area (Å²) in [5.74, 6) is 0.139. The van der Waals surface area contributed by atoms with Crippen molar-refractivity contribution in [2.24, 2.45) is 0 Å². The number of carbonyl (C=O) groups is 1. The van der Waals surface area contributed by atoms with Crippen LogP contribution in [-0.2, 0) is 4.79 Å². The molecular formula is C18H14N4O2. The molecule has 6 nitrogen and oxygen atoms in total. The monoisotopic (exact) mass is 318 g/mol. The van der Waals surface area contributed by atoms with Gasteiger partial charge in [-0.15, -0.1) is 0 Å².